The molecular weight excluding hydrogens is 419 g/mol. The highest BCUT2D eigenvalue weighted by Crippen LogP contribution is 2.33. The molecule has 0 spiro atoms. The molecule has 0 saturated carbocycles. The van der Waals surface area contributed by atoms with Gasteiger partial charge in [0.2, 0.25) is 5.91 Å². The second-order valence-corrected chi connectivity index (χ2v) is 7.64. The lowest BCUT2D eigenvalue weighted by Crippen LogP contribution is -2.23. The van der Waals surface area contributed by atoms with Gasteiger partial charge in [-0.05, 0) is 48.4 Å². The Morgan fingerprint density at radius 1 is 1.07 bits per heavy atom. The predicted octanol–water partition coefficient (Wildman–Crippen LogP) is 5.31. The van der Waals surface area contributed by atoms with Crippen molar-refractivity contribution in [2.45, 2.75) is 12.3 Å². The van der Waals surface area contributed by atoms with Crippen molar-refractivity contribution >= 4 is 46.7 Å². The lowest BCUT2D eigenvalue weighted by molar-refractivity contribution is -0.117. The molecule has 3 aromatic rings. The number of carbonyl (C=O) groups excluding carboxylic acids is 1. The monoisotopic (exact) mass is 440 g/mol. The summed E-state index contributed by atoms with van der Waals surface area (Å²) in [5, 5.41) is 11.4. The van der Waals surface area contributed by atoms with Crippen molar-refractivity contribution < 1.29 is 4.79 Å². The van der Waals surface area contributed by atoms with Crippen LogP contribution in [-0.4, -0.2) is 18.7 Å². The first-order valence-corrected chi connectivity index (χ1v) is 10.2. The Morgan fingerprint density at radius 3 is 2.43 bits per heavy atom. The fourth-order valence-electron chi connectivity index (χ4n) is 3.30. The third-order valence-corrected chi connectivity index (χ3v) is 5.58. The minimum absolute atomic E-state index is 0.224. The summed E-state index contributed by atoms with van der Waals surface area (Å²) < 4.78 is 0. The first-order chi connectivity index (χ1) is 14.4. The van der Waals surface area contributed by atoms with Crippen molar-refractivity contribution in [3.05, 3.63) is 81.8 Å². The molecule has 1 amide bonds. The maximum atomic E-state index is 13.1. The Bertz CT molecular complexity index is 1070. The second-order valence-electron chi connectivity index (χ2n) is 6.83. The Balaban J connectivity index is 1.96. The highest BCUT2D eigenvalue weighted by atomic mass is 35.5. The van der Waals surface area contributed by atoms with Gasteiger partial charge in [-0.1, -0.05) is 59.6 Å². The van der Waals surface area contributed by atoms with E-state index in [1.165, 1.54) is 6.21 Å². The first-order valence-electron chi connectivity index (χ1n) is 9.40. The van der Waals surface area contributed by atoms with E-state index in [-0.39, 0.29) is 5.91 Å². The number of carbonyl (C=O) groups is 1. The molecule has 3 rings (SSSR count). The fourth-order valence-corrected chi connectivity index (χ4v) is 3.60. The van der Waals surface area contributed by atoms with Crippen LogP contribution in [0.2, 0.25) is 10.0 Å². The lowest BCUT2D eigenvalue weighted by atomic mass is 9.94. The molecule has 3 aromatic carbocycles. The first kappa shape index (κ1) is 21.8. The molecule has 0 aliphatic carbocycles. The van der Waals surface area contributed by atoms with Crippen molar-refractivity contribution in [1.29, 1.82) is 5.41 Å². The maximum Gasteiger partial charge on any atom is 0.231 e. The molecule has 0 fully saturated rings. The van der Waals surface area contributed by atoms with E-state index >= 15 is 0 Å². The summed E-state index contributed by atoms with van der Waals surface area (Å²) in [5.41, 5.74) is 15.9. The standard InChI is InChI=1S/C23H22Cl2N4O/c24-20-7-6-15(11-21(20)25)18(8-9-26)23(30)29-17-10-16(13-27)22(28)19(12-17)14-4-2-1-3-5-14/h1-7,10-13,18,27H,8-9,26,28H2,(H,29,30). The van der Waals surface area contributed by atoms with Crippen molar-refractivity contribution in [3.63, 3.8) is 0 Å². The molecular formula is C23H22Cl2N4O. The number of amides is 1. The number of anilines is 2. The average Bonchev–Trinajstić information content (AvgIpc) is 2.75. The van der Waals surface area contributed by atoms with Crippen molar-refractivity contribution in [1.82, 2.24) is 0 Å². The van der Waals surface area contributed by atoms with Crippen LogP contribution in [0, 0.1) is 5.41 Å². The Labute approximate surface area is 185 Å². The molecule has 0 saturated heterocycles. The van der Waals surface area contributed by atoms with E-state index in [0.717, 1.165) is 16.7 Å². The van der Waals surface area contributed by atoms with Crippen LogP contribution in [0.3, 0.4) is 0 Å². The smallest absolute Gasteiger partial charge is 0.231 e. The molecule has 5 nitrogen and oxygen atoms in total. The van der Waals surface area contributed by atoms with E-state index in [1.807, 2.05) is 36.4 Å². The van der Waals surface area contributed by atoms with Gasteiger partial charge in [-0.2, -0.15) is 0 Å². The van der Waals surface area contributed by atoms with Crippen LogP contribution in [0.25, 0.3) is 11.1 Å². The lowest BCUT2D eigenvalue weighted by Gasteiger charge is -2.19. The zero-order valence-electron chi connectivity index (χ0n) is 16.2. The van der Waals surface area contributed by atoms with E-state index in [2.05, 4.69) is 5.32 Å². The summed E-state index contributed by atoms with van der Waals surface area (Å²) in [6.07, 6.45) is 1.62. The second kappa shape index (κ2) is 9.76. The Hall–Kier alpha value is -2.86. The molecule has 0 heterocycles. The van der Waals surface area contributed by atoms with E-state index in [0.29, 0.717) is 39.9 Å². The van der Waals surface area contributed by atoms with E-state index in [1.54, 1.807) is 24.3 Å². The van der Waals surface area contributed by atoms with Gasteiger partial charge in [0.05, 0.1) is 16.0 Å². The fraction of sp³-hybridized carbons (Fsp3) is 0.130. The summed E-state index contributed by atoms with van der Waals surface area (Å²) in [6.45, 7) is 0.334. The molecule has 1 atom stereocenters. The topological polar surface area (TPSA) is 105 Å². The number of nitrogens with two attached hydrogens (primary N) is 2. The molecule has 154 valence electrons. The van der Waals surface area contributed by atoms with Crippen LogP contribution in [0.1, 0.15) is 23.5 Å². The van der Waals surface area contributed by atoms with Crippen LogP contribution >= 0.6 is 23.2 Å². The van der Waals surface area contributed by atoms with Gasteiger partial charge in [-0.25, -0.2) is 0 Å². The molecule has 30 heavy (non-hydrogen) atoms. The zero-order valence-corrected chi connectivity index (χ0v) is 17.7. The molecule has 1 unspecified atom stereocenters. The van der Waals surface area contributed by atoms with Gasteiger partial charge < -0.3 is 22.2 Å². The van der Waals surface area contributed by atoms with Gasteiger partial charge in [0.15, 0.2) is 0 Å². The molecule has 7 heteroatoms. The van der Waals surface area contributed by atoms with E-state index in [4.69, 9.17) is 40.1 Å². The number of nitrogen functional groups attached to an aromatic ring is 1. The van der Waals surface area contributed by atoms with Crippen LogP contribution in [0.4, 0.5) is 11.4 Å². The summed E-state index contributed by atoms with van der Waals surface area (Å²) in [5.74, 6) is -0.718. The quantitative estimate of drug-likeness (QED) is 0.295. The summed E-state index contributed by atoms with van der Waals surface area (Å²) in [7, 11) is 0. The molecule has 6 N–H and O–H groups in total. The van der Waals surface area contributed by atoms with Gasteiger partial charge in [-0.3, -0.25) is 4.79 Å². The van der Waals surface area contributed by atoms with Gasteiger partial charge in [0, 0.05) is 28.7 Å². The molecule has 0 aliphatic rings. The molecule has 0 bridgehead atoms. The third-order valence-electron chi connectivity index (χ3n) is 4.84. The van der Waals surface area contributed by atoms with Crippen LogP contribution < -0.4 is 16.8 Å². The maximum absolute atomic E-state index is 13.1. The number of rotatable bonds is 7. The summed E-state index contributed by atoms with van der Waals surface area (Å²) in [6, 6.07) is 18.2. The minimum atomic E-state index is -0.495. The Morgan fingerprint density at radius 2 is 1.80 bits per heavy atom. The normalized spacial score (nSPS) is 11.7. The van der Waals surface area contributed by atoms with E-state index < -0.39 is 5.92 Å². The molecule has 0 aromatic heterocycles. The van der Waals surface area contributed by atoms with Crippen LogP contribution in [-0.2, 0) is 4.79 Å². The minimum Gasteiger partial charge on any atom is -0.398 e. The highest BCUT2D eigenvalue weighted by Gasteiger charge is 2.22. The summed E-state index contributed by atoms with van der Waals surface area (Å²) >= 11 is 12.1. The number of benzene rings is 3. The SMILES string of the molecule is N=Cc1cc(NC(=O)C(CCN)c2ccc(Cl)c(Cl)c2)cc(-c2ccccc2)c1N. The number of hydrogen-bond donors (Lipinski definition) is 4. The number of nitrogens with one attached hydrogen (secondary N) is 2. The van der Waals surface area contributed by atoms with Gasteiger partial charge in [-0.15, -0.1) is 0 Å². The summed E-state index contributed by atoms with van der Waals surface area (Å²) in [4.78, 5) is 13.1. The van der Waals surface area contributed by atoms with Crippen molar-refractivity contribution in [2.24, 2.45) is 5.73 Å². The predicted molar refractivity (Wildman–Crippen MR) is 126 cm³/mol. The van der Waals surface area contributed by atoms with Gasteiger partial charge in [0.1, 0.15) is 0 Å². The number of halogens is 2. The van der Waals surface area contributed by atoms with Crippen molar-refractivity contribution in [2.75, 3.05) is 17.6 Å². The van der Waals surface area contributed by atoms with Crippen LogP contribution in [0.15, 0.2) is 60.7 Å². The third kappa shape index (κ3) is 4.82. The largest absolute Gasteiger partial charge is 0.398 e. The van der Waals surface area contributed by atoms with Crippen LogP contribution in [0.5, 0.6) is 0 Å². The highest BCUT2D eigenvalue weighted by molar-refractivity contribution is 6.42. The van der Waals surface area contributed by atoms with Crippen molar-refractivity contribution in [3.8, 4) is 11.1 Å². The average molecular weight is 441 g/mol. The molecule has 0 aliphatic heterocycles. The number of hydrogen-bond acceptors (Lipinski definition) is 4. The zero-order chi connectivity index (χ0) is 21.7. The Kier molecular flexibility index (Phi) is 7.11. The molecule has 0 radical (unpaired) electrons. The van der Waals surface area contributed by atoms with Gasteiger partial charge in [0.25, 0.3) is 0 Å². The van der Waals surface area contributed by atoms with E-state index in [9.17, 15) is 4.79 Å². The van der Waals surface area contributed by atoms with Gasteiger partial charge >= 0.3 is 0 Å².